The van der Waals surface area contributed by atoms with E-state index in [9.17, 15) is 9.59 Å². The van der Waals surface area contributed by atoms with Crippen LogP contribution in [0.5, 0.6) is 0 Å². The van der Waals surface area contributed by atoms with Crippen molar-refractivity contribution in [2.75, 3.05) is 13.2 Å². The normalized spacial score (nSPS) is 24.0. The van der Waals surface area contributed by atoms with Gasteiger partial charge in [-0.1, -0.05) is 29.8 Å². The first-order valence-electron chi connectivity index (χ1n) is 8.10. The van der Waals surface area contributed by atoms with Crippen molar-refractivity contribution in [3.8, 4) is 0 Å². The van der Waals surface area contributed by atoms with Gasteiger partial charge >= 0.3 is 5.97 Å². The van der Waals surface area contributed by atoms with Crippen LogP contribution < -0.4 is 5.32 Å². The Kier molecular flexibility index (Phi) is 5.21. The van der Waals surface area contributed by atoms with Crippen LogP contribution in [-0.2, 0) is 19.1 Å². The van der Waals surface area contributed by atoms with Gasteiger partial charge in [-0.2, -0.15) is 0 Å². The highest BCUT2D eigenvalue weighted by molar-refractivity contribution is 6.31. The third-order valence-electron chi connectivity index (χ3n) is 4.39. The molecular weight excluding hydrogens is 330 g/mol. The maximum Gasteiger partial charge on any atom is 0.336 e. The number of carbonyl (C=O) groups excluding carboxylic acids is 2. The molecule has 1 aromatic rings. The Morgan fingerprint density at radius 1 is 1.42 bits per heavy atom. The molecule has 2 aliphatic heterocycles. The van der Waals surface area contributed by atoms with Crippen molar-refractivity contribution in [3.63, 3.8) is 0 Å². The fourth-order valence-corrected chi connectivity index (χ4v) is 3.48. The first-order chi connectivity index (χ1) is 11.6. The van der Waals surface area contributed by atoms with Gasteiger partial charge in [0, 0.05) is 29.7 Å². The monoisotopic (exact) mass is 349 g/mol. The second kappa shape index (κ2) is 7.36. The van der Waals surface area contributed by atoms with E-state index >= 15 is 0 Å². The van der Waals surface area contributed by atoms with E-state index in [1.165, 1.54) is 0 Å². The van der Waals surface area contributed by atoms with Crippen LogP contribution in [0.1, 0.15) is 37.7 Å². The predicted octanol–water partition coefficient (Wildman–Crippen LogP) is 2.94. The minimum atomic E-state index is -0.423. The molecule has 0 spiro atoms. The van der Waals surface area contributed by atoms with Crippen LogP contribution in [0, 0.1) is 0 Å². The van der Waals surface area contributed by atoms with Gasteiger partial charge in [-0.25, -0.2) is 4.79 Å². The molecule has 2 heterocycles. The Hall–Kier alpha value is -1.85. The maximum absolute atomic E-state index is 12.6. The molecule has 3 rings (SSSR count). The van der Waals surface area contributed by atoms with Crippen molar-refractivity contribution >= 4 is 23.5 Å². The molecular formula is C18H20ClNO4. The summed E-state index contributed by atoms with van der Waals surface area (Å²) in [6.07, 6.45) is 2.02. The van der Waals surface area contributed by atoms with Gasteiger partial charge in [0.05, 0.1) is 11.7 Å². The fourth-order valence-electron chi connectivity index (χ4n) is 3.22. The van der Waals surface area contributed by atoms with Crippen molar-refractivity contribution < 1.29 is 19.1 Å². The first-order valence-corrected chi connectivity index (χ1v) is 8.48. The zero-order valence-corrected chi connectivity index (χ0v) is 14.3. The number of halogens is 1. The lowest BCUT2D eigenvalue weighted by molar-refractivity contribution is -0.142. The van der Waals surface area contributed by atoms with Gasteiger partial charge in [-0.15, -0.1) is 0 Å². The molecule has 2 atom stereocenters. The molecule has 1 aromatic carbocycles. The van der Waals surface area contributed by atoms with E-state index in [1.54, 1.807) is 13.0 Å². The number of benzene rings is 1. The number of hydrogen-bond donors (Lipinski definition) is 1. The summed E-state index contributed by atoms with van der Waals surface area (Å²) >= 11 is 6.28. The Bertz CT molecular complexity index is 679. The molecule has 0 unspecified atom stereocenters. The molecule has 2 aliphatic rings. The van der Waals surface area contributed by atoms with Crippen LogP contribution in [0.3, 0.4) is 0 Å². The molecule has 0 aliphatic carbocycles. The number of esters is 1. The highest BCUT2D eigenvalue weighted by atomic mass is 35.5. The van der Waals surface area contributed by atoms with E-state index < -0.39 is 11.9 Å². The van der Waals surface area contributed by atoms with Gasteiger partial charge in [-0.05, 0) is 31.4 Å². The van der Waals surface area contributed by atoms with Gasteiger partial charge in [0.1, 0.15) is 6.61 Å². The lowest BCUT2D eigenvalue weighted by Crippen LogP contribution is -2.34. The molecule has 6 heteroatoms. The van der Waals surface area contributed by atoms with Crippen LogP contribution in [0.15, 0.2) is 35.5 Å². The largest absolute Gasteiger partial charge is 0.460 e. The lowest BCUT2D eigenvalue weighted by Gasteiger charge is -2.27. The number of nitrogens with one attached hydrogen (secondary N) is 1. The van der Waals surface area contributed by atoms with E-state index in [0.717, 1.165) is 18.4 Å². The first kappa shape index (κ1) is 17.0. The third-order valence-corrected chi connectivity index (χ3v) is 4.74. The summed E-state index contributed by atoms with van der Waals surface area (Å²) in [5.74, 6) is -0.953. The van der Waals surface area contributed by atoms with E-state index in [-0.39, 0.29) is 25.0 Å². The highest BCUT2D eigenvalue weighted by Gasteiger charge is 2.34. The SMILES string of the molecule is CC1=C(C(=O)OC[C@@H]2CCCO2)[C@@H](c2ccccc2Cl)CC(=O)N1. The van der Waals surface area contributed by atoms with Gasteiger partial charge in [0.25, 0.3) is 0 Å². The van der Waals surface area contributed by atoms with Crippen LogP contribution >= 0.6 is 11.6 Å². The number of ether oxygens (including phenoxy) is 2. The van der Waals surface area contributed by atoms with Crippen LogP contribution in [0.4, 0.5) is 0 Å². The number of carbonyl (C=O) groups is 2. The van der Waals surface area contributed by atoms with Gasteiger partial charge in [0.15, 0.2) is 0 Å². The lowest BCUT2D eigenvalue weighted by atomic mass is 9.84. The number of rotatable bonds is 4. The minimum absolute atomic E-state index is 0.0354. The van der Waals surface area contributed by atoms with E-state index in [0.29, 0.717) is 22.9 Å². The van der Waals surface area contributed by atoms with Gasteiger partial charge in [0.2, 0.25) is 5.91 Å². The number of amides is 1. The predicted molar refractivity (Wildman–Crippen MR) is 89.6 cm³/mol. The quantitative estimate of drug-likeness (QED) is 0.849. The molecule has 0 radical (unpaired) electrons. The Balaban J connectivity index is 1.83. The molecule has 128 valence electrons. The summed E-state index contributed by atoms with van der Waals surface area (Å²) in [7, 11) is 0. The van der Waals surface area contributed by atoms with Crippen molar-refractivity contribution in [1.29, 1.82) is 0 Å². The molecule has 0 saturated carbocycles. The Morgan fingerprint density at radius 3 is 2.92 bits per heavy atom. The maximum atomic E-state index is 12.6. The third kappa shape index (κ3) is 3.62. The van der Waals surface area contributed by atoms with Crippen LogP contribution in [-0.4, -0.2) is 31.2 Å². The molecule has 5 nitrogen and oxygen atoms in total. The number of hydrogen-bond acceptors (Lipinski definition) is 4. The summed E-state index contributed by atoms with van der Waals surface area (Å²) in [4.78, 5) is 24.6. The molecule has 0 bridgehead atoms. The highest BCUT2D eigenvalue weighted by Crippen LogP contribution is 2.37. The van der Waals surface area contributed by atoms with Crippen molar-refractivity contribution in [2.45, 2.75) is 38.2 Å². The fraction of sp³-hybridized carbons (Fsp3) is 0.444. The molecule has 0 aromatic heterocycles. The van der Waals surface area contributed by atoms with Crippen molar-refractivity contribution in [3.05, 3.63) is 46.1 Å². The van der Waals surface area contributed by atoms with Crippen molar-refractivity contribution in [2.24, 2.45) is 0 Å². The Labute approximate surface area is 146 Å². The number of allylic oxidation sites excluding steroid dienone is 1. The molecule has 24 heavy (non-hydrogen) atoms. The minimum Gasteiger partial charge on any atom is -0.460 e. The summed E-state index contributed by atoms with van der Waals surface area (Å²) in [5.41, 5.74) is 1.74. The van der Waals surface area contributed by atoms with Gasteiger partial charge < -0.3 is 14.8 Å². The van der Waals surface area contributed by atoms with Crippen LogP contribution in [0.25, 0.3) is 0 Å². The topological polar surface area (TPSA) is 64.6 Å². The average Bonchev–Trinajstić information content (AvgIpc) is 3.06. The summed E-state index contributed by atoms with van der Waals surface area (Å²) < 4.78 is 10.9. The average molecular weight is 350 g/mol. The molecule has 1 N–H and O–H groups in total. The smallest absolute Gasteiger partial charge is 0.336 e. The summed E-state index contributed by atoms with van der Waals surface area (Å²) in [6, 6.07) is 7.26. The second-order valence-corrected chi connectivity index (χ2v) is 6.51. The van der Waals surface area contributed by atoms with Crippen molar-refractivity contribution in [1.82, 2.24) is 5.32 Å². The zero-order chi connectivity index (χ0) is 17.1. The molecule has 1 fully saturated rings. The van der Waals surface area contributed by atoms with E-state index in [2.05, 4.69) is 5.32 Å². The van der Waals surface area contributed by atoms with E-state index in [4.69, 9.17) is 21.1 Å². The molecule has 1 saturated heterocycles. The molecule has 1 amide bonds. The summed E-state index contributed by atoms with van der Waals surface area (Å²) in [5, 5.41) is 3.26. The zero-order valence-electron chi connectivity index (χ0n) is 13.5. The summed E-state index contributed by atoms with van der Waals surface area (Å²) in [6.45, 7) is 2.66. The van der Waals surface area contributed by atoms with Crippen LogP contribution in [0.2, 0.25) is 5.02 Å². The second-order valence-electron chi connectivity index (χ2n) is 6.10. The van der Waals surface area contributed by atoms with Gasteiger partial charge in [-0.3, -0.25) is 4.79 Å². The standard InChI is InChI=1S/C18H20ClNO4/c1-11-17(18(22)24-10-12-5-4-8-23-12)14(9-16(21)20-11)13-6-2-3-7-15(13)19/h2-3,6-7,12,14H,4-5,8-10H2,1H3,(H,20,21)/t12-,14+/m0/s1. The van der Waals surface area contributed by atoms with E-state index in [1.807, 2.05) is 18.2 Å². The Morgan fingerprint density at radius 2 is 2.21 bits per heavy atom.